The Morgan fingerprint density at radius 2 is 1.13 bits per heavy atom. The van der Waals surface area contributed by atoms with E-state index in [9.17, 15) is 17.6 Å². The van der Waals surface area contributed by atoms with E-state index in [2.05, 4.69) is 0 Å². The van der Waals surface area contributed by atoms with Crippen molar-refractivity contribution in [1.29, 1.82) is 0 Å². The first-order chi connectivity index (χ1) is 6.80. The Morgan fingerprint density at radius 3 is 1.47 bits per heavy atom. The van der Waals surface area contributed by atoms with Gasteiger partial charge in [0.15, 0.2) is 0 Å². The van der Waals surface area contributed by atoms with Crippen molar-refractivity contribution in [2.75, 3.05) is 0 Å². The largest absolute Gasteiger partial charge is 0.314 e. The van der Waals surface area contributed by atoms with E-state index in [4.69, 9.17) is 0 Å². The second-order valence-corrected chi connectivity index (χ2v) is 5.58. The van der Waals surface area contributed by atoms with Gasteiger partial charge >= 0.3 is 11.8 Å². The van der Waals surface area contributed by atoms with Crippen molar-refractivity contribution in [1.82, 2.24) is 0 Å². The van der Waals surface area contributed by atoms with Gasteiger partial charge in [-0.25, -0.2) is 0 Å². The summed E-state index contributed by atoms with van der Waals surface area (Å²) in [7, 11) is 0. The minimum Gasteiger partial charge on any atom is -0.200 e. The lowest BCUT2D eigenvalue weighted by atomic mass is 9.55. The van der Waals surface area contributed by atoms with E-state index in [1.165, 1.54) is 0 Å². The van der Waals surface area contributed by atoms with Gasteiger partial charge in [-0.2, -0.15) is 17.6 Å². The molecule has 86 valence electrons. The number of halogens is 4. The fraction of sp³-hybridized carbons (Fsp3) is 1.00. The molecule has 3 aliphatic carbocycles. The third-order valence-electron chi connectivity index (χ3n) is 5.32. The molecule has 15 heavy (non-hydrogen) atoms. The van der Waals surface area contributed by atoms with Crippen LogP contribution in [0.2, 0.25) is 0 Å². The average Bonchev–Trinajstić information content (AvgIpc) is 2.64. The Hall–Kier alpha value is -0.280. The standard InChI is InChI=1S/C11H14F4/c1-4-5(2)7-3-6(4)8-9(7)11(14,15)10(8,12)13/h4-9H,3H2,1-2H3. The van der Waals surface area contributed by atoms with Crippen LogP contribution in [0.1, 0.15) is 20.3 Å². The van der Waals surface area contributed by atoms with Crippen LogP contribution in [0.5, 0.6) is 0 Å². The Labute approximate surface area is 86.0 Å². The fourth-order valence-corrected chi connectivity index (χ4v) is 4.34. The highest BCUT2D eigenvalue weighted by Gasteiger charge is 2.85. The van der Waals surface area contributed by atoms with Crippen molar-refractivity contribution in [3.8, 4) is 0 Å². The highest BCUT2D eigenvalue weighted by Crippen LogP contribution is 2.75. The molecule has 4 heteroatoms. The van der Waals surface area contributed by atoms with E-state index in [-0.39, 0.29) is 23.7 Å². The topological polar surface area (TPSA) is 0 Å². The summed E-state index contributed by atoms with van der Waals surface area (Å²) in [5, 5.41) is 0. The van der Waals surface area contributed by atoms with Gasteiger partial charge < -0.3 is 0 Å². The number of alkyl halides is 4. The molecule has 0 aromatic carbocycles. The predicted molar refractivity (Wildman–Crippen MR) is 46.8 cm³/mol. The minimum atomic E-state index is -3.74. The quantitative estimate of drug-likeness (QED) is 0.551. The lowest BCUT2D eigenvalue weighted by molar-refractivity contribution is -0.370. The van der Waals surface area contributed by atoms with Gasteiger partial charge in [0.1, 0.15) is 0 Å². The van der Waals surface area contributed by atoms with Gasteiger partial charge in [-0.15, -0.1) is 0 Å². The molecule has 3 fully saturated rings. The SMILES string of the molecule is CC1C(C)C2CC1C1C2C(F)(F)C1(F)F. The van der Waals surface area contributed by atoms with E-state index < -0.39 is 23.7 Å². The molecule has 0 aromatic rings. The molecular formula is C11H14F4. The summed E-state index contributed by atoms with van der Waals surface area (Å²) in [4.78, 5) is 0. The Kier molecular flexibility index (Phi) is 1.55. The molecule has 3 aliphatic rings. The van der Waals surface area contributed by atoms with Crippen LogP contribution in [0.4, 0.5) is 17.6 Å². The molecule has 0 nitrogen and oxygen atoms in total. The maximum Gasteiger partial charge on any atom is 0.314 e. The van der Waals surface area contributed by atoms with Crippen molar-refractivity contribution >= 4 is 0 Å². The molecule has 0 radical (unpaired) electrons. The highest BCUT2D eigenvalue weighted by molar-refractivity contribution is 5.21. The zero-order chi connectivity index (χ0) is 11.2. The Morgan fingerprint density at radius 1 is 0.800 bits per heavy atom. The van der Waals surface area contributed by atoms with Crippen LogP contribution < -0.4 is 0 Å². The molecular weight excluding hydrogens is 208 g/mol. The summed E-state index contributed by atoms with van der Waals surface area (Å²) in [6, 6.07) is 0. The van der Waals surface area contributed by atoms with E-state index >= 15 is 0 Å². The number of fused-ring (bicyclic) bond motifs is 5. The van der Waals surface area contributed by atoms with Crippen LogP contribution >= 0.6 is 0 Å². The second kappa shape index (κ2) is 2.35. The zero-order valence-corrected chi connectivity index (χ0v) is 8.68. The highest BCUT2D eigenvalue weighted by atomic mass is 19.3. The van der Waals surface area contributed by atoms with Gasteiger partial charge in [-0.1, -0.05) is 13.8 Å². The van der Waals surface area contributed by atoms with Crippen LogP contribution in [0.25, 0.3) is 0 Å². The van der Waals surface area contributed by atoms with E-state index in [1.54, 1.807) is 0 Å². The van der Waals surface area contributed by atoms with Crippen LogP contribution in [-0.4, -0.2) is 11.8 Å². The molecule has 0 heterocycles. The zero-order valence-electron chi connectivity index (χ0n) is 8.68. The number of hydrogen-bond acceptors (Lipinski definition) is 0. The molecule has 6 unspecified atom stereocenters. The monoisotopic (exact) mass is 222 g/mol. The molecule has 3 rings (SSSR count). The summed E-state index contributed by atoms with van der Waals surface area (Å²) in [6.45, 7) is 3.86. The van der Waals surface area contributed by atoms with Crippen LogP contribution in [0.3, 0.4) is 0 Å². The van der Waals surface area contributed by atoms with Crippen molar-refractivity contribution in [3.63, 3.8) is 0 Å². The summed E-state index contributed by atoms with van der Waals surface area (Å²) in [6.07, 6.45) is 0.586. The molecule has 0 saturated heterocycles. The lowest BCUT2D eigenvalue weighted by Gasteiger charge is -2.55. The Bertz CT molecular complexity index is 282. The molecule has 0 N–H and O–H groups in total. The summed E-state index contributed by atoms with van der Waals surface area (Å²) in [5.74, 6) is -9.56. The van der Waals surface area contributed by atoms with E-state index in [1.807, 2.05) is 13.8 Å². The van der Waals surface area contributed by atoms with E-state index in [0.29, 0.717) is 6.42 Å². The van der Waals surface area contributed by atoms with Gasteiger partial charge in [-0.3, -0.25) is 0 Å². The smallest absolute Gasteiger partial charge is 0.200 e. The van der Waals surface area contributed by atoms with Crippen LogP contribution in [0.15, 0.2) is 0 Å². The van der Waals surface area contributed by atoms with Crippen LogP contribution in [0, 0.1) is 35.5 Å². The van der Waals surface area contributed by atoms with Crippen molar-refractivity contribution in [3.05, 3.63) is 0 Å². The summed E-state index contributed by atoms with van der Waals surface area (Å²) in [5.41, 5.74) is 0. The third-order valence-corrected chi connectivity index (χ3v) is 5.32. The first-order valence-corrected chi connectivity index (χ1v) is 5.55. The molecule has 0 aromatic heterocycles. The van der Waals surface area contributed by atoms with Gasteiger partial charge in [-0.05, 0) is 30.1 Å². The minimum absolute atomic E-state index is 0.176. The first-order valence-electron chi connectivity index (χ1n) is 5.55. The number of rotatable bonds is 0. The molecule has 6 atom stereocenters. The summed E-state index contributed by atoms with van der Waals surface area (Å²) < 4.78 is 53.1. The van der Waals surface area contributed by atoms with Gasteiger partial charge in [0, 0.05) is 11.8 Å². The average molecular weight is 222 g/mol. The summed E-state index contributed by atoms with van der Waals surface area (Å²) >= 11 is 0. The van der Waals surface area contributed by atoms with Gasteiger partial charge in [0.2, 0.25) is 0 Å². The van der Waals surface area contributed by atoms with Crippen molar-refractivity contribution < 1.29 is 17.6 Å². The van der Waals surface area contributed by atoms with Crippen molar-refractivity contribution in [2.45, 2.75) is 32.1 Å². The van der Waals surface area contributed by atoms with Crippen molar-refractivity contribution in [2.24, 2.45) is 35.5 Å². The van der Waals surface area contributed by atoms with Gasteiger partial charge in [0.05, 0.1) is 0 Å². The normalized spacial score (nSPS) is 58.8. The maximum atomic E-state index is 13.3. The fourth-order valence-electron chi connectivity index (χ4n) is 4.34. The molecule has 2 bridgehead atoms. The van der Waals surface area contributed by atoms with E-state index in [0.717, 1.165) is 0 Å². The van der Waals surface area contributed by atoms with Gasteiger partial charge in [0.25, 0.3) is 0 Å². The number of hydrogen-bond donors (Lipinski definition) is 0. The maximum absolute atomic E-state index is 13.3. The first kappa shape index (κ1) is 9.91. The van der Waals surface area contributed by atoms with Crippen LogP contribution in [-0.2, 0) is 0 Å². The Balaban J connectivity index is 1.99. The predicted octanol–water partition coefficient (Wildman–Crippen LogP) is 3.42. The molecule has 0 amide bonds. The molecule has 3 saturated carbocycles. The lowest BCUT2D eigenvalue weighted by Crippen LogP contribution is -2.69. The third kappa shape index (κ3) is 0.794. The second-order valence-electron chi connectivity index (χ2n) is 5.58. The molecule has 0 aliphatic heterocycles. The molecule has 0 spiro atoms.